The molecule has 0 amide bonds. The average molecular weight is 354 g/mol. The fourth-order valence-corrected chi connectivity index (χ4v) is 4.50. The van der Waals surface area contributed by atoms with Crippen LogP contribution in [-0.2, 0) is 12.8 Å². The van der Waals surface area contributed by atoms with Crippen LogP contribution in [0.3, 0.4) is 0 Å². The first-order chi connectivity index (χ1) is 13.8. The summed E-state index contributed by atoms with van der Waals surface area (Å²) < 4.78 is 0. The van der Waals surface area contributed by atoms with Gasteiger partial charge in [0.05, 0.1) is 0 Å². The van der Waals surface area contributed by atoms with Gasteiger partial charge in [0, 0.05) is 0 Å². The van der Waals surface area contributed by atoms with E-state index in [9.17, 15) is 0 Å². The first-order valence-corrected chi connectivity index (χ1v) is 9.81. The molecule has 0 spiro atoms. The predicted molar refractivity (Wildman–Crippen MR) is 117 cm³/mol. The summed E-state index contributed by atoms with van der Waals surface area (Å²) in [7, 11) is 0. The van der Waals surface area contributed by atoms with Crippen LogP contribution in [0.4, 0.5) is 0 Å². The van der Waals surface area contributed by atoms with Crippen molar-refractivity contribution in [3.63, 3.8) is 0 Å². The van der Waals surface area contributed by atoms with E-state index in [1.807, 2.05) is 12.1 Å². The number of benzene rings is 5. The normalized spacial score (nSPS) is 12.7. The van der Waals surface area contributed by atoms with Crippen molar-refractivity contribution >= 4 is 21.5 Å². The zero-order chi connectivity index (χ0) is 18.5. The number of hydrogen-bond donors (Lipinski definition) is 0. The zero-order valence-electron chi connectivity index (χ0n) is 15.5. The summed E-state index contributed by atoms with van der Waals surface area (Å²) in [6.45, 7) is 0. The van der Waals surface area contributed by atoms with Gasteiger partial charge in [-0.1, -0.05) is 60.7 Å². The van der Waals surface area contributed by atoms with Crippen molar-refractivity contribution in [1.82, 2.24) is 0 Å². The van der Waals surface area contributed by atoms with Gasteiger partial charge in [-0.25, -0.2) is 0 Å². The SMILES string of the molecule is [c]1ccc2c(c1)CCc1cc(-c3ccc4cc5cc[c]cc5cc4c3)ccc1-2. The maximum absolute atomic E-state index is 3.22. The number of hydrogen-bond acceptors (Lipinski definition) is 0. The van der Waals surface area contributed by atoms with Crippen molar-refractivity contribution < 1.29 is 0 Å². The molecule has 130 valence electrons. The molecular formula is C28H18. The maximum atomic E-state index is 3.22. The molecule has 5 aromatic rings. The first kappa shape index (κ1) is 15.7. The van der Waals surface area contributed by atoms with Crippen molar-refractivity contribution in [2.24, 2.45) is 0 Å². The molecule has 0 nitrogen and oxygen atoms in total. The van der Waals surface area contributed by atoms with Gasteiger partial charge in [-0.2, -0.15) is 0 Å². The summed E-state index contributed by atoms with van der Waals surface area (Å²) in [4.78, 5) is 0. The van der Waals surface area contributed by atoms with Crippen molar-refractivity contribution in [3.05, 3.63) is 108 Å². The second-order valence-corrected chi connectivity index (χ2v) is 7.64. The summed E-state index contributed by atoms with van der Waals surface area (Å²) in [5, 5.41) is 5.07. The van der Waals surface area contributed by atoms with Crippen LogP contribution >= 0.6 is 0 Å². The van der Waals surface area contributed by atoms with E-state index in [1.54, 1.807) is 0 Å². The summed E-state index contributed by atoms with van der Waals surface area (Å²) in [6, 6.07) is 37.2. The van der Waals surface area contributed by atoms with Gasteiger partial charge >= 0.3 is 0 Å². The number of rotatable bonds is 1. The van der Waals surface area contributed by atoms with E-state index in [-0.39, 0.29) is 0 Å². The summed E-state index contributed by atoms with van der Waals surface area (Å²) >= 11 is 0. The van der Waals surface area contributed by atoms with E-state index in [2.05, 4.69) is 84.9 Å². The Morgan fingerprint density at radius 2 is 1.21 bits per heavy atom. The van der Waals surface area contributed by atoms with Crippen LogP contribution in [0.25, 0.3) is 43.8 Å². The molecule has 1 aliphatic carbocycles. The third-order valence-electron chi connectivity index (χ3n) is 5.98. The zero-order valence-corrected chi connectivity index (χ0v) is 15.5. The lowest BCUT2D eigenvalue weighted by molar-refractivity contribution is 0.942. The molecule has 0 saturated carbocycles. The Balaban J connectivity index is 1.48. The van der Waals surface area contributed by atoms with Crippen LogP contribution in [0.2, 0.25) is 0 Å². The molecule has 1 aliphatic rings. The smallest absolute Gasteiger partial charge is 0.0149 e. The highest BCUT2D eigenvalue weighted by Gasteiger charge is 2.16. The molecule has 28 heavy (non-hydrogen) atoms. The van der Waals surface area contributed by atoms with Gasteiger partial charge in [-0.3, -0.25) is 0 Å². The largest absolute Gasteiger partial charge is 0.0537 e. The molecule has 0 atom stereocenters. The fourth-order valence-electron chi connectivity index (χ4n) is 4.50. The molecule has 0 fully saturated rings. The van der Waals surface area contributed by atoms with Gasteiger partial charge in [0.15, 0.2) is 0 Å². The number of aryl methyl sites for hydroxylation is 2. The lowest BCUT2D eigenvalue weighted by Gasteiger charge is -2.20. The van der Waals surface area contributed by atoms with Crippen molar-refractivity contribution in [3.8, 4) is 22.3 Å². The van der Waals surface area contributed by atoms with E-state index in [0.717, 1.165) is 12.8 Å². The second kappa shape index (κ2) is 6.07. The van der Waals surface area contributed by atoms with Crippen LogP contribution < -0.4 is 0 Å². The third kappa shape index (κ3) is 2.46. The molecule has 5 aromatic carbocycles. The Bertz CT molecular complexity index is 1360. The van der Waals surface area contributed by atoms with E-state index in [1.165, 1.54) is 54.9 Å². The standard InChI is InChI=1S/C28H18/c1-2-7-21-17-26-18-22(10-11-24(26)15-20(21)6-1)23-13-14-28-25(16-23)12-9-19-5-3-4-8-27(19)28/h1,4-8,10-11,13-18H,9,12H2. The average Bonchev–Trinajstić information content (AvgIpc) is 2.76. The second-order valence-electron chi connectivity index (χ2n) is 7.64. The minimum Gasteiger partial charge on any atom is -0.0537 e. The molecule has 0 unspecified atom stereocenters. The molecule has 0 aromatic heterocycles. The minimum atomic E-state index is 1.10. The van der Waals surface area contributed by atoms with Gasteiger partial charge in [-0.15, -0.1) is 0 Å². The van der Waals surface area contributed by atoms with E-state index in [0.29, 0.717) is 0 Å². The fraction of sp³-hybridized carbons (Fsp3) is 0.0714. The Hall–Kier alpha value is -3.38. The Labute approximate surface area is 165 Å². The maximum Gasteiger partial charge on any atom is -0.0149 e. The summed E-state index contributed by atoms with van der Waals surface area (Å²) in [6.07, 6.45) is 2.20. The van der Waals surface area contributed by atoms with Crippen molar-refractivity contribution in [1.29, 1.82) is 0 Å². The van der Waals surface area contributed by atoms with Crippen molar-refractivity contribution in [2.75, 3.05) is 0 Å². The topological polar surface area (TPSA) is 0 Å². The van der Waals surface area contributed by atoms with Crippen LogP contribution in [0.15, 0.2) is 84.9 Å². The Kier molecular flexibility index (Phi) is 3.39. The number of fused-ring (bicyclic) bond motifs is 5. The minimum absolute atomic E-state index is 1.10. The molecule has 0 N–H and O–H groups in total. The molecule has 0 heteroatoms. The van der Waals surface area contributed by atoms with Gasteiger partial charge in [0.25, 0.3) is 0 Å². The predicted octanol–water partition coefficient (Wildman–Crippen LogP) is 7.03. The third-order valence-corrected chi connectivity index (χ3v) is 5.98. The molecule has 6 rings (SSSR count). The highest BCUT2D eigenvalue weighted by atomic mass is 14.2. The highest BCUT2D eigenvalue weighted by Crippen LogP contribution is 2.36. The summed E-state index contributed by atoms with van der Waals surface area (Å²) in [5.41, 5.74) is 8.18. The van der Waals surface area contributed by atoms with Gasteiger partial charge in [0.2, 0.25) is 0 Å². The van der Waals surface area contributed by atoms with E-state index >= 15 is 0 Å². The van der Waals surface area contributed by atoms with Crippen LogP contribution in [0, 0.1) is 12.1 Å². The van der Waals surface area contributed by atoms with E-state index in [4.69, 9.17) is 0 Å². The van der Waals surface area contributed by atoms with Gasteiger partial charge in [0.1, 0.15) is 0 Å². The molecule has 0 saturated heterocycles. The summed E-state index contributed by atoms with van der Waals surface area (Å²) in [5.74, 6) is 0. The van der Waals surface area contributed by atoms with Gasteiger partial charge < -0.3 is 0 Å². The van der Waals surface area contributed by atoms with Crippen LogP contribution in [0.1, 0.15) is 11.1 Å². The molecular weight excluding hydrogens is 336 g/mol. The van der Waals surface area contributed by atoms with Crippen LogP contribution in [0.5, 0.6) is 0 Å². The lowest BCUT2D eigenvalue weighted by atomic mass is 9.84. The van der Waals surface area contributed by atoms with Crippen LogP contribution in [-0.4, -0.2) is 0 Å². The molecule has 0 bridgehead atoms. The lowest BCUT2D eigenvalue weighted by Crippen LogP contribution is -2.03. The Morgan fingerprint density at radius 3 is 2.21 bits per heavy atom. The highest BCUT2D eigenvalue weighted by molar-refractivity contribution is 5.99. The van der Waals surface area contributed by atoms with Crippen molar-refractivity contribution in [2.45, 2.75) is 12.8 Å². The first-order valence-electron chi connectivity index (χ1n) is 9.81. The molecule has 0 heterocycles. The molecule has 0 aliphatic heterocycles. The quantitative estimate of drug-likeness (QED) is 0.284. The molecule has 2 radical (unpaired) electrons. The monoisotopic (exact) mass is 354 g/mol. The van der Waals surface area contributed by atoms with E-state index < -0.39 is 0 Å². The Morgan fingerprint density at radius 1 is 0.500 bits per heavy atom. The van der Waals surface area contributed by atoms with Gasteiger partial charge in [-0.05, 0) is 104 Å².